The van der Waals surface area contributed by atoms with Gasteiger partial charge in [0.25, 0.3) is 0 Å². The monoisotopic (exact) mass is 273 g/mol. The minimum Gasteiger partial charge on any atom is -0.367 e. The summed E-state index contributed by atoms with van der Waals surface area (Å²) in [5, 5.41) is 4.10. The number of fused-ring (bicyclic) bond motifs is 1. The highest BCUT2D eigenvalue weighted by Crippen LogP contribution is 2.60. The quantitative estimate of drug-likeness (QED) is 0.900. The standard InChI is InChI=1S/C16H23N3O/c17-15-13-7-19(8-14(13)18-20-15)9-16-4-10-1-11(5-16)3-12(2-10)6-16/h10-12H,1-9,17H2. The minimum atomic E-state index is 0.535. The third-order valence-electron chi connectivity index (χ3n) is 6.38. The lowest BCUT2D eigenvalue weighted by Crippen LogP contribution is -2.50. The van der Waals surface area contributed by atoms with E-state index in [-0.39, 0.29) is 0 Å². The Morgan fingerprint density at radius 3 is 2.35 bits per heavy atom. The van der Waals surface area contributed by atoms with E-state index in [9.17, 15) is 0 Å². The van der Waals surface area contributed by atoms with Gasteiger partial charge in [0.05, 0.1) is 5.56 Å². The molecule has 1 aromatic heterocycles. The number of hydrogen-bond acceptors (Lipinski definition) is 4. The molecule has 20 heavy (non-hydrogen) atoms. The average Bonchev–Trinajstić information content (AvgIpc) is 2.89. The second kappa shape index (κ2) is 3.79. The van der Waals surface area contributed by atoms with Crippen LogP contribution in [0.4, 0.5) is 5.88 Å². The molecule has 0 saturated heterocycles. The molecule has 4 saturated carbocycles. The van der Waals surface area contributed by atoms with Crippen LogP contribution in [0.15, 0.2) is 4.52 Å². The fourth-order valence-corrected chi connectivity index (χ4v) is 6.21. The van der Waals surface area contributed by atoms with Crippen LogP contribution < -0.4 is 5.73 Å². The topological polar surface area (TPSA) is 55.3 Å². The summed E-state index contributed by atoms with van der Waals surface area (Å²) in [5.41, 5.74) is 8.70. The van der Waals surface area contributed by atoms with E-state index in [1.807, 2.05) is 0 Å². The molecule has 108 valence electrons. The zero-order chi connectivity index (χ0) is 13.3. The van der Waals surface area contributed by atoms with Crippen LogP contribution in [0.2, 0.25) is 0 Å². The van der Waals surface area contributed by atoms with E-state index in [1.165, 1.54) is 45.1 Å². The first-order valence-electron chi connectivity index (χ1n) is 8.14. The van der Waals surface area contributed by atoms with Crippen LogP contribution >= 0.6 is 0 Å². The molecule has 0 amide bonds. The maximum absolute atomic E-state index is 5.86. The summed E-state index contributed by atoms with van der Waals surface area (Å²) in [6.07, 6.45) is 9.01. The first-order valence-corrected chi connectivity index (χ1v) is 8.14. The normalized spacial score (nSPS) is 42.3. The molecule has 5 aliphatic rings. The molecule has 0 radical (unpaired) electrons. The molecule has 0 atom stereocenters. The molecule has 2 N–H and O–H groups in total. The van der Waals surface area contributed by atoms with Gasteiger partial charge in [-0.1, -0.05) is 5.16 Å². The van der Waals surface area contributed by atoms with Gasteiger partial charge >= 0.3 is 0 Å². The number of hydrogen-bond donors (Lipinski definition) is 1. The van der Waals surface area contributed by atoms with Crippen molar-refractivity contribution in [2.45, 2.75) is 51.6 Å². The Bertz CT molecular complexity index is 515. The predicted molar refractivity (Wildman–Crippen MR) is 75.6 cm³/mol. The van der Waals surface area contributed by atoms with Crippen LogP contribution in [0.25, 0.3) is 0 Å². The van der Waals surface area contributed by atoms with E-state index >= 15 is 0 Å². The van der Waals surface area contributed by atoms with Crippen LogP contribution in [0.5, 0.6) is 0 Å². The van der Waals surface area contributed by atoms with Crippen molar-refractivity contribution in [3.05, 3.63) is 11.3 Å². The Morgan fingerprint density at radius 2 is 1.75 bits per heavy atom. The number of rotatable bonds is 2. The van der Waals surface area contributed by atoms with Crippen molar-refractivity contribution in [1.29, 1.82) is 0 Å². The molecular weight excluding hydrogens is 250 g/mol. The van der Waals surface area contributed by atoms with Gasteiger partial charge < -0.3 is 10.3 Å². The van der Waals surface area contributed by atoms with E-state index in [0.29, 0.717) is 11.3 Å². The van der Waals surface area contributed by atoms with E-state index in [0.717, 1.165) is 42.1 Å². The zero-order valence-corrected chi connectivity index (χ0v) is 12.0. The van der Waals surface area contributed by atoms with Gasteiger partial charge in [-0.3, -0.25) is 4.90 Å². The van der Waals surface area contributed by atoms with Gasteiger partial charge in [0, 0.05) is 19.6 Å². The van der Waals surface area contributed by atoms with Gasteiger partial charge in [0.2, 0.25) is 5.88 Å². The number of nitrogen functional groups attached to an aromatic ring is 1. The molecule has 2 heterocycles. The highest BCUT2D eigenvalue weighted by Gasteiger charge is 2.51. The van der Waals surface area contributed by atoms with Gasteiger partial charge in [-0.15, -0.1) is 0 Å². The van der Waals surface area contributed by atoms with Crippen LogP contribution in [-0.4, -0.2) is 16.6 Å². The molecule has 1 aliphatic heterocycles. The lowest BCUT2D eigenvalue weighted by atomic mass is 9.49. The number of nitrogens with two attached hydrogens (primary N) is 1. The van der Waals surface area contributed by atoms with Crippen LogP contribution in [0, 0.1) is 23.2 Å². The van der Waals surface area contributed by atoms with Gasteiger partial charge in [0.1, 0.15) is 5.69 Å². The molecule has 4 bridgehead atoms. The summed E-state index contributed by atoms with van der Waals surface area (Å²) in [6, 6.07) is 0. The summed E-state index contributed by atoms with van der Waals surface area (Å²) in [6.45, 7) is 3.15. The number of anilines is 1. The van der Waals surface area contributed by atoms with E-state index in [1.54, 1.807) is 0 Å². The van der Waals surface area contributed by atoms with E-state index < -0.39 is 0 Å². The Hall–Kier alpha value is -1.03. The van der Waals surface area contributed by atoms with Crippen molar-refractivity contribution in [2.75, 3.05) is 12.3 Å². The maximum atomic E-state index is 5.86. The molecule has 0 spiro atoms. The molecule has 4 aliphatic carbocycles. The first kappa shape index (κ1) is 11.6. The van der Waals surface area contributed by atoms with E-state index in [4.69, 9.17) is 10.3 Å². The van der Waals surface area contributed by atoms with Crippen molar-refractivity contribution >= 4 is 5.88 Å². The van der Waals surface area contributed by atoms with Gasteiger partial charge in [-0.2, -0.15) is 0 Å². The van der Waals surface area contributed by atoms with Gasteiger partial charge in [-0.05, 0) is 61.7 Å². The Balaban J connectivity index is 1.35. The highest BCUT2D eigenvalue weighted by atomic mass is 16.5. The SMILES string of the molecule is Nc1onc2c1CN(CC13CC4CC(CC(C4)C1)C3)C2. The van der Waals surface area contributed by atoms with Crippen molar-refractivity contribution < 1.29 is 4.52 Å². The van der Waals surface area contributed by atoms with Crippen LogP contribution in [0.3, 0.4) is 0 Å². The lowest BCUT2D eigenvalue weighted by Gasteiger charge is -2.57. The molecule has 1 aromatic rings. The van der Waals surface area contributed by atoms with Gasteiger partial charge in [-0.25, -0.2) is 0 Å². The van der Waals surface area contributed by atoms with E-state index in [2.05, 4.69) is 10.1 Å². The maximum Gasteiger partial charge on any atom is 0.226 e. The predicted octanol–water partition coefficient (Wildman–Crippen LogP) is 2.79. The van der Waals surface area contributed by atoms with Crippen molar-refractivity contribution in [1.82, 2.24) is 10.1 Å². The molecule has 6 rings (SSSR count). The number of nitrogens with zero attached hydrogens (tertiary/aromatic N) is 2. The van der Waals surface area contributed by atoms with Crippen molar-refractivity contribution in [3.63, 3.8) is 0 Å². The van der Waals surface area contributed by atoms with Gasteiger partial charge in [0.15, 0.2) is 0 Å². The summed E-state index contributed by atoms with van der Waals surface area (Å²) >= 11 is 0. The third-order valence-corrected chi connectivity index (χ3v) is 6.38. The smallest absolute Gasteiger partial charge is 0.226 e. The second-order valence-corrected chi connectivity index (χ2v) is 8.03. The van der Waals surface area contributed by atoms with Crippen LogP contribution in [-0.2, 0) is 13.1 Å². The fourth-order valence-electron chi connectivity index (χ4n) is 6.21. The molecular formula is C16H23N3O. The minimum absolute atomic E-state index is 0.535. The summed E-state index contributed by atoms with van der Waals surface area (Å²) < 4.78 is 5.08. The van der Waals surface area contributed by atoms with Crippen LogP contribution in [0.1, 0.15) is 49.8 Å². The molecule has 4 fully saturated rings. The highest BCUT2D eigenvalue weighted by molar-refractivity contribution is 5.41. The molecule has 0 aromatic carbocycles. The third kappa shape index (κ3) is 1.60. The second-order valence-electron chi connectivity index (χ2n) is 8.03. The molecule has 4 heteroatoms. The number of aromatic nitrogens is 1. The Labute approximate surface area is 119 Å². The summed E-state index contributed by atoms with van der Waals surface area (Å²) in [4.78, 5) is 2.57. The first-order chi connectivity index (χ1) is 9.69. The Morgan fingerprint density at radius 1 is 1.10 bits per heavy atom. The summed E-state index contributed by atoms with van der Waals surface area (Å²) in [7, 11) is 0. The zero-order valence-electron chi connectivity index (χ0n) is 12.0. The molecule has 0 unspecified atom stereocenters. The van der Waals surface area contributed by atoms with Crippen molar-refractivity contribution in [3.8, 4) is 0 Å². The average molecular weight is 273 g/mol. The lowest BCUT2D eigenvalue weighted by molar-refractivity contribution is -0.0701. The Kier molecular flexibility index (Phi) is 2.20. The van der Waals surface area contributed by atoms with Crippen molar-refractivity contribution in [2.24, 2.45) is 23.2 Å². The fraction of sp³-hybridized carbons (Fsp3) is 0.812. The largest absolute Gasteiger partial charge is 0.367 e. The summed E-state index contributed by atoms with van der Waals surface area (Å²) in [5.74, 6) is 3.64. The molecule has 4 nitrogen and oxygen atoms in total.